The molecule has 0 aliphatic heterocycles. The van der Waals surface area contributed by atoms with Crippen LogP contribution in [0.2, 0.25) is 0 Å². The predicted molar refractivity (Wildman–Crippen MR) is 61.6 cm³/mol. The summed E-state index contributed by atoms with van der Waals surface area (Å²) in [7, 11) is -3.85. The van der Waals surface area contributed by atoms with E-state index < -0.39 is 22.5 Å². The van der Waals surface area contributed by atoms with Gasteiger partial charge >= 0.3 is 5.97 Å². The normalized spacial score (nSPS) is 11.8. The number of aromatic nitrogens is 1. The van der Waals surface area contributed by atoms with E-state index in [-0.39, 0.29) is 4.90 Å². The van der Waals surface area contributed by atoms with Crippen molar-refractivity contribution < 1.29 is 22.7 Å². The van der Waals surface area contributed by atoms with Gasteiger partial charge < -0.3 is 9.52 Å². The molecule has 0 atom stereocenters. The first-order valence-corrected chi connectivity index (χ1v) is 6.45. The zero-order valence-electron chi connectivity index (χ0n) is 9.37. The zero-order chi connectivity index (χ0) is 13.3. The van der Waals surface area contributed by atoms with Crippen LogP contribution in [0.25, 0.3) is 11.1 Å². The van der Waals surface area contributed by atoms with Crippen LogP contribution >= 0.6 is 0 Å². The second kappa shape index (κ2) is 4.39. The lowest BCUT2D eigenvalue weighted by atomic mass is 10.3. The maximum absolute atomic E-state index is 11.8. The molecule has 0 saturated carbocycles. The molecule has 2 N–H and O–H groups in total. The van der Waals surface area contributed by atoms with Gasteiger partial charge in [-0.15, -0.1) is 0 Å². The van der Waals surface area contributed by atoms with Crippen molar-refractivity contribution in [2.75, 3.05) is 6.54 Å². The van der Waals surface area contributed by atoms with E-state index in [1.165, 1.54) is 18.2 Å². The monoisotopic (exact) mass is 270 g/mol. The number of hydrogen-bond donors (Lipinski definition) is 2. The minimum absolute atomic E-state index is 0.0513. The van der Waals surface area contributed by atoms with Gasteiger partial charge in [0.15, 0.2) is 11.5 Å². The Labute approximate surface area is 102 Å². The summed E-state index contributed by atoms with van der Waals surface area (Å²) in [6.45, 7) is 0.981. The van der Waals surface area contributed by atoms with Crippen molar-refractivity contribution in [2.45, 2.75) is 11.8 Å². The summed E-state index contributed by atoms with van der Waals surface area (Å²) in [5.41, 5.74) is 0.885. The average molecular weight is 270 g/mol. The van der Waals surface area contributed by atoms with Gasteiger partial charge in [-0.25, -0.2) is 13.4 Å². The Hall–Kier alpha value is -1.93. The maximum atomic E-state index is 11.8. The topological polar surface area (TPSA) is 110 Å². The first-order valence-electron chi connectivity index (χ1n) is 4.97. The number of benzene rings is 1. The number of carboxylic acids is 1. The fraction of sp³-hybridized carbons (Fsp3) is 0.200. The summed E-state index contributed by atoms with van der Waals surface area (Å²) >= 11 is 0. The molecule has 18 heavy (non-hydrogen) atoms. The van der Waals surface area contributed by atoms with Crippen LogP contribution in [-0.4, -0.2) is 31.0 Å². The molecule has 2 rings (SSSR count). The van der Waals surface area contributed by atoms with Crippen LogP contribution in [0.1, 0.15) is 5.89 Å². The number of nitrogens with zero attached hydrogens (tertiary/aromatic N) is 1. The number of nitrogens with one attached hydrogen (secondary N) is 1. The molecule has 0 aliphatic carbocycles. The van der Waals surface area contributed by atoms with Crippen molar-refractivity contribution in [3.05, 3.63) is 24.1 Å². The van der Waals surface area contributed by atoms with Gasteiger partial charge in [-0.1, -0.05) is 0 Å². The van der Waals surface area contributed by atoms with Gasteiger partial charge in [0.05, 0.1) is 4.90 Å². The lowest BCUT2D eigenvalue weighted by Crippen LogP contribution is -2.29. The summed E-state index contributed by atoms with van der Waals surface area (Å²) in [6.07, 6.45) is 0. The largest absolute Gasteiger partial charge is 0.480 e. The van der Waals surface area contributed by atoms with Crippen molar-refractivity contribution in [1.29, 1.82) is 0 Å². The van der Waals surface area contributed by atoms with Gasteiger partial charge in [0.1, 0.15) is 12.1 Å². The molecule has 0 fully saturated rings. The van der Waals surface area contributed by atoms with Crippen molar-refractivity contribution in [3.63, 3.8) is 0 Å². The lowest BCUT2D eigenvalue weighted by molar-refractivity contribution is -0.135. The second-order valence-corrected chi connectivity index (χ2v) is 5.35. The molecule has 1 aromatic heterocycles. The number of sulfonamides is 1. The van der Waals surface area contributed by atoms with Crippen LogP contribution in [0.15, 0.2) is 27.5 Å². The number of oxazole rings is 1. The molecule has 0 unspecified atom stereocenters. The molecule has 0 saturated heterocycles. The molecule has 1 heterocycles. The number of rotatable bonds is 4. The summed E-state index contributed by atoms with van der Waals surface area (Å²) in [5.74, 6) is -0.824. The molecule has 7 nitrogen and oxygen atoms in total. The number of aliphatic carboxylic acids is 1. The van der Waals surface area contributed by atoms with Gasteiger partial charge in [0.2, 0.25) is 10.0 Å². The number of fused-ring (bicyclic) bond motifs is 1. The van der Waals surface area contributed by atoms with Crippen LogP contribution in [0.5, 0.6) is 0 Å². The molecular formula is C10H10N2O5S. The fourth-order valence-corrected chi connectivity index (χ4v) is 2.42. The Kier molecular flexibility index (Phi) is 3.05. The van der Waals surface area contributed by atoms with E-state index in [1.54, 1.807) is 6.92 Å². The number of hydrogen-bond acceptors (Lipinski definition) is 5. The zero-order valence-corrected chi connectivity index (χ0v) is 10.2. The van der Waals surface area contributed by atoms with E-state index in [9.17, 15) is 13.2 Å². The highest BCUT2D eigenvalue weighted by atomic mass is 32.2. The summed E-state index contributed by atoms with van der Waals surface area (Å²) in [4.78, 5) is 14.3. The van der Waals surface area contributed by atoms with E-state index >= 15 is 0 Å². The van der Waals surface area contributed by atoms with Crippen LogP contribution in [0, 0.1) is 6.92 Å². The molecule has 0 aliphatic rings. The highest BCUT2D eigenvalue weighted by molar-refractivity contribution is 7.89. The molecule has 8 heteroatoms. The average Bonchev–Trinajstić information content (AvgIpc) is 2.65. The lowest BCUT2D eigenvalue weighted by Gasteiger charge is -2.03. The molecule has 0 amide bonds. The van der Waals surface area contributed by atoms with E-state index in [0.717, 1.165) is 0 Å². The van der Waals surface area contributed by atoms with Gasteiger partial charge in [-0.3, -0.25) is 4.79 Å². The summed E-state index contributed by atoms with van der Waals surface area (Å²) in [6, 6.07) is 4.14. The highest BCUT2D eigenvalue weighted by Gasteiger charge is 2.16. The molecular weight excluding hydrogens is 260 g/mol. The smallest absolute Gasteiger partial charge is 0.318 e. The standard InChI is InChI=1S/C10H10N2O5S/c1-6-12-8-4-7(2-3-9(8)17-6)18(15,16)11-5-10(13)14/h2-4,11H,5H2,1H3,(H,13,14). The van der Waals surface area contributed by atoms with Crippen molar-refractivity contribution >= 4 is 27.1 Å². The van der Waals surface area contributed by atoms with E-state index in [4.69, 9.17) is 9.52 Å². The second-order valence-electron chi connectivity index (χ2n) is 3.58. The van der Waals surface area contributed by atoms with Crippen molar-refractivity contribution in [1.82, 2.24) is 9.71 Å². The SMILES string of the molecule is Cc1nc2cc(S(=O)(=O)NCC(=O)O)ccc2o1. The van der Waals surface area contributed by atoms with Crippen LogP contribution in [0.4, 0.5) is 0 Å². The highest BCUT2D eigenvalue weighted by Crippen LogP contribution is 2.19. The van der Waals surface area contributed by atoms with Crippen molar-refractivity contribution in [3.8, 4) is 0 Å². The number of carboxylic acid groups (broad SMARTS) is 1. The third-order valence-electron chi connectivity index (χ3n) is 2.19. The third kappa shape index (κ3) is 2.49. The van der Waals surface area contributed by atoms with E-state index in [0.29, 0.717) is 17.0 Å². The maximum Gasteiger partial charge on any atom is 0.318 e. The Morgan fingerprint density at radius 2 is 2.22 bits per heavy atom. The number of carbonyl (C=O) groups is 1. The fourth-order valence-electron chi connectivity index (χ4n) is 1.43. The van der Waals surface area contributed by atoms with Crippen LogP contribution in [0.3, 0.4) is 0 Å². The molecule has 0 radical (unpaired) electrons. The van der Waals surface area contributed by atoms with Crippen LogP contribution < -0.4 is 4.72 Å². The van der Waals surface area contributed by atoms with E-state index in [1.807, 2.05) is 4.72 Å². The predicted octanol–water partition coefficient (Wildman–Crippen LogP) is 0.499. The van der Waals surface area contributed by atoms with Gasteiger partial charge in [0, 0.05) is 6.92 Å². The van der Waals surface area contributed by atoms with Gasteiger partial charge in [0.25, 0.3) is 0 Å². The quantitative estimate of drug-likeness (QED) is 0.837. The third-order valence-corrected chi connectivity index (χ3v) is 3.59. The van der Waals surface area contributed by atoms with Gasteiger partial charge in [-0.2, -0.15) is 4.72 Å². The molecule has 0 spiro atoms. The first kappa shape index (κ1) is 12.5. The van der Waals surface area contributed by atoms with Crippen LogP contribution in [-0.2, 0) is 14.8 Å². The summed E-state index contributed by atoms with van der Waals surface area (Å²) < 4.78 is 30.7. The Morgan fingerprint density at radius 1 is 1.50 bits per heavy atom. The number of aryl methyl sites for hydroxylation is 1. The minimum Gasteiger partial charge on any atom is -0.480 e. The summed E-state index contributed by atoms with van der Waals surface area (Å²) in [5, 5.41) is 8.44. The Balaban J connectivity index is 2.38. The molecule has 0 bridgehead atoms. The van der Waals surface area contributed by atoms with Gasteiger partial charge in [-0.05, 0) is 18.2 Å². The first-order chi connectivity index (χ1) is 8.38. The Morgan fingerprint density at radius 3 is 2.89 bits per heavy atom. The molecule has 1 aromatic carbocycles. The molecule has 96 valence electrons. The van der Waals surface area contributed by atoms with Crippen molar-refractivity contribution in [2.24, 2.45) is 0 Å². The Bertz CT molecular complexity index is 704. The minimum atomic E-state index is -3.85. The van der Waals surface area contributed by atoms with E-state index in [2.05, 4.69) is 4.98 Å². The molecule has 2 aromatic rings.